The van der Waals surface area contributed by atoms with E-state index in [9.17, 15) is 14.4 Å². The Balaban J connectivity index is 2.96. The van der Waals surface area contributed by atoms with Crippen molar-refractivity contribution in [3.05, 3.63) is 11.8 Å². The smallest absolute Gasteiger partial charge is 0.246 e. The van der Waals surface area contributed by atoms with E-state index in [-0.39, 0.29) is 18.7 Å². The predicted octanol–water partition coefficient (Wildman–Crippen LogP) is -1.21. The van der Waals surface area contributed by atoms with Gasteiger partial charge in [-0.1, -0.05) is 5.92 Å². The lowest BCUT2D eigenvalue weighted by Gasteiger charge is -2.19. The number of rotatable bonds is 2. The molecule has 5 heteroatoms. The molecule has 0 unspecified atom stereocenters. The summed E-state index contributed by atoms with van der Waals surface area (Å²) >= 11 is 0. The molecule has 0 aromatic carbocycles. The zero-order chi connectivity index (χ0) is 10.7. The second-order valence-electron chi connectivity index (χ2n) is 2.76. The SMILES string of the molecule is C#CCN(N)C1=CC(=O)CC(=O)C1=O. The van der Waals surface area contributed by atoms with Gasteiger partial charge in [0.15, 0.2) is 5.78 Å². The maximum absolute atomic E-state index is 11.2. The molecule has 0 heterocycles. The summed E-state index contributed by atoms with van der Waals surface area (Å²) < 4.78 is 0. The molecule has 1 aliphatic carbocycles. The van der Waals surface area contributed by atoms with E-state index in [0.717, 1.165) is 11.1 Å². The van der Waals surface area contributed by atoms with Crippen LogP contribution in [0.5, 0.6) is 0 Å². The minimum Gasteiger partial charge on any atom is -0.295 e. The number of ketones is 3. The number of allylic oxidation sites excluding steroid dienone is 2. The van der Waals surface area contributed by atoms with Crippen LogP contribution in [0.3, 0.4) is 0 Å². The van der Waals surface area contributed by atoms with Crippen LogP contribution in [-0.4, -0.2) is 28.9 Å². The van der Waals surface area contributed by atoms with Gasteiger partial charge in [0, 0.05) is 6.08 Å². The van der Waals surface area contributed by atoms with Crippen molar-refractivity contribution in [3.63, 3.8) is 0 Å². The second-order valence-corrected chi connectivity index (χ2v) is 2.76. The molecule has 0 amide bonds. The Morgan fingerprint density at radius 3 is 2.71 bits per heavy atom. The van der Waals surface area contributed by atoms with Gasteiger partial charge in [-0.05, 0) is 0 Å². The number of Topliss-reactive ketones (excluding diaryl/α,β-unsaturated/α-hetero) is 2. The summed E-state index contributed by atoms with van der Waals surface area (Å²) in [5, 5.41) is 0.914. The predicted molar refractivity (Wildman–Crippen MR) is 47.4 cm³/mol. The fourth-order valence-electron chi connectivity index (χ4n) is 1.05. The highest BCUT2D eigenvalue weighted by Gasteiger charge is 2.29. The Hall–Kier alpha value is -1.93. The third-order valence-corrected chi connectivity index (χ3v) is 1.69. The first kappa shape index (κ1) is 10.2. The lowest BCUT2D eigenvalue weighted by Crippen LogP contribution is -2.39. The van der Waals surface area contributed by atoms with Gasteiger partial charge in [-0.15, -0.1) is 6.42 Å². The molecule has 0 atom stereocenters. The van der Waals surface area contributed by atoms with Crippen molar-refractivity contribution in [1.29, 1.82) is 0 Å². The molecule has 1 aliphatic rings. The van der Waals surface area contributed by atoms with Crippen molar-refractivity contribution in [2.24, 2.45) is 5.84 Å². The number of hydrogen-bond donors (Lipinski definition) is 1. The Morgan fingerprint density at radius 1 is 1.50 bits per heavy atom. The van der Waals surface area contributed by atoms with Gasteiger partial charge < -0.3 is 0 Å². The Kier molecular flexibility index (Phi) is 2.79. The molecule has 0 saturated heterocycles. The Bertz CT molecular complexity index is 376. The van der Waals surface area contributed by atoms with E-state index in [1.54, 1.807) is 0 Å². The zero-order valence-electron chi connectivity index (χ0n) is 7.32. The van der Waals surface area contributed by atoms with Crippen LogP contribution in [0, 0.1) is 12.3 Å². The molecule has 5 nitrogen and oxygen atoms in total. The molecule has 0 aliphatic heterocycles. The largest absolute Gasteiger partial charge is 0.295 e. The van der Waals surface area contributed by atoms with Crippen LogP contribution >= 0.6 is 0 Å². The normalized spacial score (nSPS) is 16.3. The number of carbonyl (C=O) groups excluding carboxylic acids is 3. The molecular weight excluding hydrogens is 184 g/mol. The first-order valence-electron chi connectivity index (χ1n) is 3.84. The van der Waals surface area contributed by atoms with E-state index in [2.05, 4.69) is 5.92 Å². The summed E-state index contributed by atoms with van der Waals surface area (Å²) in [6.45, 7) is -0.0296. The number of nitrogens with zero attached hydrogens (tertiary/aromatic N) is 1. The molecule has 0 aromatic rings. The van der Waals surface area contributed by atoms with Gasteiger partial charge in [0.1, 0.15) is 5.70 Å². The molecule has 0 fully saturated rings. The van der Waals surface area contributed by atoms with E-state index in [1.807, 2.05) is 0 Å². The molecule has 0 radical (unpaired) electrons. The zero-order valence-corrected chi connectivity index (χ0v) is 7.32. The molecule has 0 spiro atoms. The van der Waals surface area contributed by atoms with Crippen molar-refractivity contribution in [1.82, 2.24) is 5.01 Å². The molecule has 1 rings (SSSR count). The third kappa shape index (κ3) is 1.87. The van der Waals surface area contributed by atoms with Gasteiger partial charge >= 0.3 is 0 Å². The van der Waals surface area contributed by atoms with E-state index < -0.39 is 17.3 Å². The van der Waals surface area contributed by atoms with Gasteiger partial charge in [0.2, 0.25) is 11.6 Å². The van der Waals surface area contributed by atoms with E-state index in [0.29, 0.717) is 0 Å². The van der Waals surface area contributed by atoms with Crippen molar-refractivity contribution in [2.45, 2.75) is 6.42 Å². The number of hydrogen-bond acceptors (Lipinski definition) is 5. The molecule has 72 valence electrons. The second kappa shape index (κ2) is 3.85. The maximum Gasteiger partial charge on any atom is 0.246 e. The Labute approximate surface area is 80.5 Å². The summed E-state index contributed by atoms with van der Waals surface area (Å²) in [5.41, 5.74) is -0.135. The first-order chi connectivity index (χ1) is 6.56. The Morgan fingerprint density at radius 2 is 2.14 bits per heavy atom. The lowest BCUT2D eigenvalue weighted by atomic mass is 10.0. The van der Waals surface area contributed by atoms with Gasteiger partial charge in [0.05, 0.1) is 13.0 Å². The van der Waals surface area contributed by atoms with Gasteiger partial charge in [-0.25, -0.2) is 5.84 Å². The summed E-state index contributed by atoms with van der Waals surface area (Å²) in [6.07, 6.45) is 5.63. The number of nitrogens with two attached hydrogens (primary N) is 1. The maximum atomic E-state index is 11.2. The summed E-state index contributed by atoms with van der Waals surface area (Å²) in [4.78, 5) is 33.2. The highest BCUT2D eigenvalue weighted by molar-refractivity contribution is 6.48. The number of carbonyl (C=O) groups is 3. The minimum absolute atomic E-state index is 0.0296. The minimum atomic E-state index is -0.762. The monoisotopic (exact) mass is 192 g/mol. The highest BCUT2D eigenvalue weighted by Crippen LogP contribution is 2.10. The van der Waals surface area contributed by atoms with Crippen LogP contribution < -0.4 is 5.84 Å². The third-order valence-electron chi connectivity index (χ3n) is 1.69. The van der Waals surface area contributed by atoms with Gasteiger partial charge in [0.25, 0.3) is 0 Å². The fraction of sp³-hybridized carbons (Fsp3) is 0.222. The van der Waals surface area contributed by atoms with Crippen molar-refractivity contribution < 1.29 is 14.4 Å². The van der Waals surface area contributed by atoms with Crippen LogP contribution in [0.15, 0.2) is 11.8 Å². The van der Waals surface area contributed by atoms with Crippen LogP contribution in [0.4, 0.5) is 0 Å². The molecule has 0 bridgehead atoms. The van der Waals surface area contributed by atoms with Crippen LogP contribution in [-0.2, 0) is 14.4 Å². The van der Waals surface area contributed by atoms with E-state index in [1.165, 1.54) is 0 Å². The standard InChI is InChI=1S/C9H8N2O3/c1-2-3-11(10)7-4-6(12)5-8(13)9(7)14/h1,4H,3,5,10H2. The number of hydrazine groups is 1. The molecule has 0 aromatic heterocycles. The van der Waals surface area contributed by atoms with Crippen molar-refractivity contribution in [2.75, 3.05) is 6.54 Å². The van der Waals surface area contributed by atoms with E-state index >= 15 is 0 Å². The quantitative estimate of drug-likeness (QED) is 0.195. The molecule has 14 heavy (non-hydrogen) atoms. The molecular formula is C9H8N2O3. The molecule has 0 saturated carbocycles. The first-order valence-corrected chi connectivity index (χ1v) is 3.84. The number of terminal acetylenes is 1. The van der Waals surface area contributed by atoms with Crippen LogP contribution in [0.2, 0.25) is 0 Å². The topological polar surface area (TPSA) is 80.5 Å². The summed E-state index contributed by atoms with van der Waals surface area (Å²) in [7, 11) is 0. The average molecular weight is 192 g/mol. The summed E-state index contributed by atoms with van der Waals surface area (Å²) in [6, 6.07) is 0. The summed E-state index contributed by atoms with van der Waals surface area (Å²) in [5.74, 6) is 5.63. The van der Waals surface area contributed by atoms with Crippen LogP contribution in [0.1, 0.15) is 6.42 Å². The highest BCUT2D eigenvalue weighted by atomic mass is 16.2. The van der Waals surface area contributed by atoms with Crippen LogP contribution in [0.25, 0.3) is 0 Å². The van der Waals surface area contributed by atoms with Gasteiger partial charge in [-0.2, -0.15) is 0 Å². The van der Waals surface area contributed by atoms with Crippen molar-refractivity contribution in [3.8, 4) is 12.3 Å². The lowest BCUT2D eigenvalue weighted by molar-refractivity contribution is -0.138. The fourth-order valence-corrected chi connectivity index (χ4v) is 1.05. The van der Waals surface area contributed by atoms with Crippen molar-refractivity contribution >= 4 is 17.3 Å². The van der Waals surface area contributed by atoms with E-state index in [4.69, 9.17) is 12.3 Å². The average Bonchev–Trinajstić information content (AvgIpc) is 2.11. The molecule has 2 N–H and O–H groups in total. The van der Waals surface area contributed by atoms with Gasteiger partial charge in [-0.3, -0.25) is 19.4 Å².